The average Bonchev–Trinajstić information content (AvgIpc) is 3.33. The molecule has 28 heavy (non-hydrogen) atoms. The molecule has 0 bridgehead atoms. The van der Waals surface area contributed by atoms with Crippen molar-refractivity contribution in [2.75, 3.05) is 7.11 Å². The van der Waals surface area contributed by atoms with Crippen LogP contribution in [0.5, 0.6) is 5.75 Å². The smallest absolute Gasteiger partial charge is 0.226 e. The van der Waals surface area contributed by atoms with E-state index in [-0.39, 0.29) is 0 Å². The molecule has 0 saturated carbocycles. The molecule has 2 aromatic heterocycles. The fourth-order valence-corrected chi connectivity index (χ4v) is 3.57. The predicted octanol–water partition coefficient (Wildman–Crippen LogP) is 4.58. The van der Waals surface area contributed by atoms with Gasteiger partial charge in [0.15, 0.2) is 11.0 Å². The van der Waals surface area contributed by atoms with Gasteiger partial charge in [-0.15, -0.1) is 20.4 Å². The first kappa shape index (κ1) is 18.5. The normalized spacial score (nSPS) is 11.0. The first-order chi connectivity index (χ1) is 13.6. The van der Waals surface area contributed by atoms with Crippen molar-refractivity contribution >= 4 is 23.4 Å². The Morgan fingerprint density at radius 1 is 1.07 bits per heavy atom. The maximum Gasteiger partial charge on any atom is 0.226 e. The number of rotatable bonds is 6. The summed E-state index contributed by atoms with van der Waals surface area (Å²) in [7, 11) is 1.64. The van der Waals surface area contributed by atoms with Crippen LogP contribution in [0.25, 0.3) is 17.1 Å². The van der Waals surface area contributed by atoms with Gasteiger partial charge in [-0.2, -0.15) is 0 Å². The van der Waals surface area contributed by atoms with Crippen LogP contribution in [0.1, 0.15) is 11.8 Å². The Morgan fingerprint density at radius 2 is 1.89 bits per heavy atom. The molecule has 0 aliphatic carbocycles. The molecule has 7 nitrogen and oxygen atoms in total. The average molecular weight is 414 g/mol. The molecule has 0 aliphatic rings. The van der Waals surface area contributed by atoms with Gasteiger partial charge in [0.25, 0.3) is 0 Å². The van der Waals surface area contributed by atoms with Crippen molar-refractivity contribution in [2.45, 2.75) is 17.8 Å². The van der Waals surface area contributed by atoms with Crippen molar-refractivity contribution in [1.82, 2.24) is 25.0 Å². The van der Waals surface area contributed by atoms with E-state index >= 15 is 0 Å². The minimum Gasteiger partial charge on any atom is -0.497 e. The van der Waals surface area contributed by atoms with E-state index in [1.165, 1.54) is 11.8 Å². The lowest BCUT2D eigenvalue weighted by Gasteiger charge is -2.11. The Balaban J connectivity index is 1.75. The number of benzene rings is 2. The van der Waals surface area contributed by atoms with Crippen LogP contribution < -0.4 is 4.74 Å². The summed E-state index contributed by atoms with van der Waals surface area (Å²) in [6, 6.07) is 15.2. The van der Waals surface area contributed by atoms with Gasteiger partial charge in [0.1, 0.15) is 5.75 Å². The van der Waals surface area contributed by atoms with Crippen LogP contribution in [0.4, 0.5) is 0 Å². The molecule has 0 radical (unpaired) electrons. The van der Waals surface area contributed by atoms with E-state index in [4.69, 9.17) is 20.8 Å². The quantitative estimate of drug-likeness (QED) is 0.428. The summed E-state index contributed by atoms with van der Waals surface area (Å²) in [5.41, 5.74) is 1.79. The lowest BCUT2D eigenvalue weighted by atomic mass is 10.2. The molecule has 0 aliphatic heterocycles. The zero-order valence-electron chi connectivity index (χ0n) is 15.2. The Bertz CT molecular complexity index is 1090. The number of hydrogen-bond donors (Lipinski definition) is 0. The van der Waals surface area contributed by atoms with Crippen molar-refractivity contribution in [3.05, 3.63) is 65.3 Å². The molecule has 142 valence electrons. The SMILES string of the molecule is COc1cccc(-c2nnc(SCc3nnc(C)o3)n2-c2ccc(Cl)cc2)c1. The minimum absolute atomic E-state index is 0.491. The van der Waals surface area contributed by atoms with E-state index in [0.717, 1.165) is 17.0 Å². The van der Waals surface area contributed by atoms with Crippen LogP contribution in [-0.2, 0) is 5.75 Å². The topological polar surface area (TPSA) is 78.9 Å². The van der Waals surface area contributed by atoms with Gasteiger partial charge in [0.05, 0.1) is 12.9 Å². The third-order valence-electron chi connectivity index (χ3n) is 3.94. The summed E-state index contributed by atoms with van der Waals surface area (Å²) in [6.07, 6.45) is 0. The molecule has 0 amide bonds. The standard InChI is InChI=1S/C19H16ClN5O2S/c1-12-21-22-17(27-12)11-28-19-24-23-18(13-4-3-5-16(10-13)26-2)25(19)15-8-6-14(20)7-9-15/h3-10H,11H2,1-2H3. The number of halogens is 1. The largest absolute Gasteiger partial charge is 0.497 e. The van der Waals surface area contributed by atoms with E-state index in [0.29, 0.717) is 33.5 Å². The van der Waals surface area contributed by atoms with Gasteiger partial charge in [0.2, 0.25) is 11.8 Å². The lowest BCUT2D eigenvalue weighted by molar-refractivity contribution is 0.415. The maximum absolute atomic E-state index is 6.06. The van der Waals surface area contributed by atoms with Crippen LogP contribution in [0.2, 0.25) is 5.02 Å². The maximum atomic E-state index is 6.06. The third-order valence-corrected chi connectivity index (χ3v) is 5.10. The van der Waals surface area contributed by atoms with Gasteiger partial charge in [-0.1, -0.05) is 35.5 Å². The third kappa shape index (κ3) is 3.88. The summed E-state index contributed by atoms with van der Waals surface area (Å²) < 4.78 is 12.8. The summed E-state index contributed by atoms with van der Waals surface area (Å²) in [6.45, 7) is 1.76. The van der Waals surface area contributed by atoms with Crippen molar-refractivity contribution in [3.63, 3.8) is 0 Å². The van der Waals surface area contributed by atoms with Crippen molar-refractivity contribution in [3.8, 4) is 22.8 Å². The van der Waals surface area contributed by atoms with Crippen LogP contribution >= 0.6 is 23.4 Å². The highest BCUT2D eigenvalue weighted by Crippen LogP contribution is 2.31. The lowest BCUT2D eigenvalue weighted by Crippen LogP contribution is -2.00. The van der Waals surface area contributed by atoms with Crippen molar-refractivity contribution in [1.29, 1.82) is 0 Å². The fourth-order valence-electron chi connectivity index (χ4n) is 2.66. The monoisotopic (exact) mass is 413 g/mol. The van der Waals surface area contributed by atoms with Gasteiger partial charge in [-0.3, -0.25) is 4.57 Å². The van der Waals surface area contributed by atoms with Gasteiger partial charge in [0, 0.05) is 23.2 Å². The van der Waals surface area contributed by atoms with Gasteiger partial charge in [-0.05, 0) is 36.4 Å². The predicted molar refractivity (Wildman–Crippen MR) is 107 cm³/mol. The summed E-state index contributed by atoms with van der Waals surface area (Å²) in [4.78, 5) is 0. The molecule has 4 rings (SSSR count). The molecule has 2 aromatic carbocycles. The van der Waals surface area contributed by atoms with Gasteiger partial charge in [-0.25, -0.2) is 0 Å². The highest BCUT2D eigenvalue weighted by molar-refractivity contribution is 7.98. The second-order valence-electron chi connectivity index (χ2n) is 5.85. The number of aromatic nitrogens is 5. The number of ether oxygens (including phenoxy) is 1. The van der Waals surface area contributed by atoms with E-state index in [2.05, 4.69) is 20.4 Å². The Morgan fingerprint density at radius 3 is 2.61 bits per heavy atom. The molecule has 0 fully saturated rings. The Hall–Kier alpha value is -2.84. The number of nitrogens with zero attached hydrogens (tertiary/aromatic N) is 5. The molecule has 0 spiro atoms. The summed E-state index contributed by atoms with van der Waals surface area (Å²) >= 11 is 7.53. The summed E-state index contributed by atoms with van der Waals surface area (Å²) in [5.74, 6) is 3.01. The van der Waals surface area contributed by atoms with Gasteiger partial charge >= 0.3 is 0 Å². The van der Waals surface area contributed by atoms with Crippen LogP contribution in [0.15, 0.2) is 58.1 Å². The second kappa shape index (κ2) is 8.04. The van der Waals surface area contributed by atoms with E-state index in [1.807, 2.05) is 53.1 Å². The molecule has 9 heteroatoms. The van der Waals surface area contributed by atoms with Crippen LogP contribution in [0, 0.1) is 6.92 Å². The fraction of sp³-hybridized carbons (Fsp3) is 0.158. The zero-order chi connectivity index (χ0) is 19.5. The molecular formula is C19H16ClN5O2S. The van der Waals surface area contributed by atoms with Crippen molar-refractivity contribution in [2.24, 2.45) is 0 Å². The molecule has 4 aromatic rings. The van der Waals surface area contributed by atoms with E-state index in [1.54, 1.807) is 14.0 Å². The Kier molecular flexibility index (Phi) is 5.31. The number of methoxy groups -OCH3 is 1. The first-order valence-electron chi connectivity index (χ1n) is 8.41. The number of aryl methyl sites for hydroxylation is 1. The highest BCUT2D eigenvalue weighted by Gasteiger charge is 2.18. The van der Waals surface area contributed by atoms with Crippen LogP contribution in [0.3, 0.4) is 0 Å². The molecule has 0 N–H and O–H groups in total. The first-order valence-corrected chi connectivity index (χ1v) is 9.78. The number of thioether (sulfide) groups is 1. The molecule has 0 atom stereocenters. The number of hydrogen-bond acceptors (Lipinski definition) is 7. The van der Waals surface area contributed by atoms with E-state index < -0.39 is 0 Å². The highest BCUT2D eigenvalue weighted by atomic mass is 35.5. The minimum atomic E-state index is 0.491. The van der Waals surface area contributed by atoms with Crippen LogP contribution in [-0.4, -0.2) is 32.1 Å². The summed E-state index contributed by atoms with van der Waals surface area (Å²) in [5, 5.41) is 18.1. The molecule has 0 unspecified atom stereocenters. The van der Waals surface area contributed by atoms with Crippen molar-refractivity contribution < 1.29 is 9.15 Å². The van der Waals surface area contributed by atoms with Gasteiger partial charge < -0.3 is 9.15 Å². The Labute approximate surface area is 170 Å². The van der Waals surface area contributed by atoms with E-state index in [9.17, 15) is 0 Å². The molecule has 0 saturated heterocycles. The second-order valence-corrected chi connectivity index (χ2v) is 7.23. The zero-order valence-corrected chi connectivity index (χ0v) is 16.7. The molecular weight excluding hydrogens is 398 g/mol. The molecule has 2 heterocycles.